The van der Waals surface area contributed by atoms with Crippen molar-refractivity contribution in [2.75, 3.05) is 6.54 Å². The highest BCUT2D eigenvalue weighted by Crippen LogP contribution is 2.29. The lowest BCUT2D eigenvalue weighted by Crippen LogP contribution is -2.52. The highest BCUT2D eigenvalue weighted by molar-refractivity contribution is 6.05. The molecule has 2 fully saturated rings. The van der Waals surface area contributed by atoms with E-state index < -0.39 is 6.04 Å². The second-order valence-corrected chi connectivity index (χ2v) is 7.88. The van der Waals surface area contributed by atoms with E-state index in [1.807, 2.05) is 12.1 Å². The highest BCUT2D eigenvalue weighted by atomic mass is 16.2. The van der Waals surface area contributed by atoms with Crippen molar-refractivity contribution in [3.8, 4) is 0 Å². The summed E-state index contributed by atoms with van der Waals surface area (Å²) in [5.74, 6) is -0.134. The number of rotatable bonds is 5. The van der Waals surface area contributed by atoms with E-state index in [0.29, 0.717) is 30.5 Å². The predicted molar refractivity (Wildman–Crippen MR) is 99.5 cm³/mol. The lowest BCUT2D eigenvalue weighted by Gasteiger charge is -2.29. The smallest absolute Gasteiger partial charge is 0.255 e. The van der Waals surface area contributed by atoms with Crippen molar-refractivity contribution in [2.45, 2.75) is 57.3 Å². The van der Waals surface area contributed by atoms with Crippen LogP contribution >= 0.6 is 0 Å². The van der Waals surface area contributed by atoms with Crippen LogP contribution in [0.25, 0.3) is 0 Å². The van der Waals surface area contributed by atoms with Gasteiger partial charge in [-0.1, -0.05) is 12.1 Å². The number of carbonyl (C=O) groups is 3. The van der Waals surface area contributed by atoms with Gasteiger partial charge in [-0.3, -0.25) is 19.7 Å². The maximum atomic E-state index is 12.7. The van der Waals surface area contributed by atoms with Crippen LogP contribution in [0.2, 0.25) is 0 Å². The molecule has 7 nitrogen and oxygen atoms in total. The molecule has 2 aliphatic heterocycles. The van der Waals surface area contributed by atoms with Crippen LogP contribution in [0.3, 0.4) is 0 Å². The van der Waals surface area contributed by atoms with Gasteiger partial charge in [0.05, 0.1) is 0 Å². The average molecular weight is 370 g/mol. The Labute approximate surface area is 158 Å². The van der Waals surface area contributed by atoms with Gasteiger partial charge in [-0.25, -0.2) is 0 Å². The SMILES string of the molecule is NCC1CCC(NCc2ccc3c(c2)CN(C2CCC(=O)NC2=O)C3=O)C1. The van der Waals surface area contributed by atoms with Crippen molar-refractivity contribution < 1.29 is 14.4 Å². The van der Waals surface area contributed by atoms with Crippen LogP contribution in [-0.2, 0) is 22.7 Å². The third-order valence-electron chi connectivity index (χ3n) is 6.06. The van der Waals surface area contributed by atoms with Gasteiger partial charge in [0.15, 0.2) is 0 Å². The molecule has 0 spiro atoms. The van der Waals surface area contributed by atoms with E-state index in [-0.39, 0.29) is 24.1 Å². The van der Waals surface area contributed by atoms with Gasteiger partial charge in [0.25, 0.3) is 5.91 Å². The zero-order valence-corrected chi connectivity index (χ0v) is 15.4. The molecule has 2 heterocycles. The molecule has 3 aliphatic rings. The van der Waals surface area contributed by atoms with E-state index in [2.05, 4.69) is 16.7 Å². The van der Waals surface area contributed by atoms with Crippen LogP contribution in [0.1, 0.15) is 53.6 Å². The van der Waals surface area contributed by atoms with Gasteiger partial charge in [-0.15, -0.1) is 0 Å². The van der Waals surface area contributed by atoms with Gasteiger partial charge >= 0.3 is 0 Å². The summed E-state index contributed by atoms with van der Waals surface area (Å²) in [6.07, 6.45) is 4.14. The number of imide groups is 1. The molecule has 1 saturated heterocycles. The summed E-state index contributed by atoms with van der Waals surface area (Å²) >= 11 is 0. The van der Waals surface area contributed by atoms with Crippen molar-refractivity contribution in [3.05, 3.63) is 34.9 Å². The molecule has 0 radical (unpaired) electrons. The molecule has 144 valence electrons. The Morgan fingerprint density at radius 2 is 2.04 bits per heavy atom. The molecular formula is C20H26N4O3. The molecular weight excluding hydrogens is 344 g/mol. The van der Waals surface area contributed by atoms with E-state index in [1.165, 1.54) is 6.42 Å². The number of amides is 3. The summed E-state index contributed by atoms with van der Waals surface area (Å²) in [7, 11) is 0. The number of nitrogens with one attached hydrogen (secondary N) is 2. The van der Waals surface area contributed by atoms with Crippen molar-refractivity contribution in [2.24, 2.45) is 11.7 Å². The van der Waals surface area contributed by atoms with Crippen LogP contribution in [0.4, 0.5) is 0 Å². The van der Waals surface area contributed by atoms with Gasteiger partial charge in [0.1, 0.15) is 6.04 Å². The Hall–Kier alpha value is -2.25. The van der Waals surface area contributed by atoms with Gasteiger partial charge in [0, 0.05) is 31.1 Å². The lowest BCUT2D eigenvalue weighted by atomic mass is 10.0. The van der Waals surface area contributed by atoms with E-state index in [9.17, 15) is 14.4 Å². The number of nitrogens with two attached hydrogens (primary N) is 1. The average Bonchev–Trinajstić information content (AvgIpc) is 3.24. The first-order chi connectivity index (χ1) is 13.0. The van der Waals surface area contributed by atoms with Crippen LogP contribution in [0, 0.1) is 5.92 Å². The molecule has 4 N–H and O–H groups in total. The number of fused-ring (bicyclic) bond motifs is 1. The Morgan fingerprint density at radius 3 is 2.78 bits per heavy atom. The molecule has 1 aromatic rings. The molecule has 7 heteroatoms. The Morgan fingerprint density at radius 1 is 1.19 bits per heavy atom. The third kappa shape index (κ3) is 3.61. The van der Waals surface area contributed by atoms with E-state index in [1.54, 1.807) is 4.90 Å². The zero-order chi connectivity index (χ0) is 19.0. The first kappa shape index (κ1) is 18.1. The summed E-state index contributed by atoms with van der Waals surface area (Å²) in [5, 5.41) is 5.93. The van der Waals surface area contributed by atoms with Crippen molar-refractivity contribution in [1.82, 2.24) is 15.5 Å². The summed E-state index contributed by atoms with van der Waals surface area (Å²) in [4.78, 5) is 37.8. The third-order valence-corrected chi connectivity index (χ3v) is 6.06. The summed E-state index contributed by atoms with van der Waals surface area (Å²) in [6.45, 7) is 1.95. The second kappa shape index (κ2) is 7.40. The van der Waals surface area contributed by atoms with Crippen LogP contribution < -0.4 is 16.4 Å². The fourth-order valence-electron chi connectivity index (χ4n) is 4.47. The fourth-order valence-corrected chi connectivity index (χ4v) is 4.47. The minimum absolute atomic E-state index is 0.124. The van der Waals surface area contributed by atoms with Crippen LogP contribution in [-0.4, -0.2) is 41.2 Å². The Bertz CT molecular complexity index is 778. The summed E-state index contributed by atoms with van der Waals surface area (Å²) in [6, 6.07) is 5.84. The van der Waals surface area contributed by atoms with Gasteiger partial charge < -0.3 is 16.0 Å². The normalized spacial score (nSPS) is 27.8. The number of hydrogen-bond acceptors (Lipinski definition) is 5. The predicted octanol–water partition coefficient (Wildman–Crippen LogP) is 0.665. The lowest BCUT2D eigenvalue weighted by molar-refractivity contribution is -0.136. The van der Waals surface area contributed by atoms with Gasteiger partial charge in [0.2, 0.25) is 11.8 Å². The molecule has 0 bridgehead atoms. The molecule has 27 heavy (non-hydrogen) atoms. The van der Waals surface area contributed by atoms with Crippen molar-refractivity contribution in [3.63, 3.8) is 0 Å². The van der Waals surface area contributed by atoms with Crippen LogP contribution in [0.15, 0.2) is 18.2 Å². The van der Waals surface area contributed by atoms with E-state index in [4.69, 9.17) is 5.73 Å². The minimum Gasteiger partial charge on any atom is -0.330 e. The quantitative estimate of drug-likeness (QED) is 0.661. The standard InChI is InChI=1S/C20H26N4O3/c21-9-12-1-3-15(8-12)22-10-13-2-4-16-14(7-13)11-24(20(16)27)17-5-6-18(25)23-19(17)26/h2,4,7,12,15,17,22H,1,3,5-6,8-11,21H2,(H,23,25,26). The zero-order valence-electron chi connectivity index (χ0n) is 15.4. The topological polar surface area (TPSA) is 105 Å². The fraction of sp³-hybridized carbons (Fsp3) is 0.550. The van der Waals surface area contributed by atoms with Gasteiger partial charge in [-0.05, 0) is 55.3 Å². The number of benzene rings is 1. The molecule has 4 rings (SSSR count). The molecule has 3 unspecified atom stereocenters. The van der Waals surface area contributed by atoms with Crippen LogP contribution in [0.5, 0.6) is 0 Å². The number of hydrogen-bond donors (Lipinski definition) is 3. The Balaban J connectivity index is 1.40. The maximum absolute atomic E-state index is 12.7. The monoisotopic (exact) mass is 370 g/mol. The van der Waals surface area contributed by atoms with E-state index in [0.717, 1.165) is 37.1 Å². The molecule has 1 aliphatic carbocycles. The largest absolute Gasteiger partial charge is 0.330 e. The number of carbonyl (C=O) groups excluding carboxylic acids is 3. The Kier molecular flexibility index (Phi) is 4.97. The number of piperidine rings is 1. The molecule has 1 aromatic carbocycles. The molecule has 3 atom stereocenters. The van der Waals surface area contributed by atoms with E-state index >= 15 is 0 Å². The van der Waals surface area contributed by atoms with Crippen molar-refractivity contribution in [1.29, 1.82) is 0 Å². The molecule has 3 amide bonds. The second-order valence-electron chi connectivity index (χ2n) is 7.88. The summed E-state index contributed by atoms with van der Waals surface area (Å²) < 4.78 is 0. The first-order valence-electron chi connectivity index (χ1n) is 9.75. The highest BCUT2D eigenvalue weighted by Gasteiger charge is 2.39. The maximum Gasteiger partial charge on any atom is 0.255 e. The van der Waals surface area contributed by atoms with Crippen molar-refractivity contribution >= 4 is 17.7 Å². The molecule has 1 saturated carbocycles. The summed E-state index contributed by atoms with van der Waals surface area (Å²) in [5.41, 5.74) is 8.51. The minimum atomic E-state index is -0.559. The first-order valence-corrected chi connectivity index (χ1v) is 9.75. The van der Waals surface area contributed by atoms with Gasteiger partial charge in [-0.2, -0.15) is 0 Å². The number of nitrogens with zero attached hydrogens (tertiary/aromatic N) is 1. The molecule has 0 aromatic heterocycles.